The molecular weight excluding hydrogens is 484 g/mol. The first kappa shape index (κ1) is 27.6. The molecule has 0 aliphatic heterocycles. The van der Waals surface area contributed by atoms with Gasteiger partial charge in [0.25, 0.3) is 0 Å². The molecule has 0 aliphatic rings. The number of hydrogen-bond acceptors (Lipinski definition) is 7. The van der Waals surface area contributed by atoms with Crippen LogP contribution >= 0.6 is 11.6 Å². The fourth-order valence-corrected chi connectivity index (χ4v) is 5.02. The van der Waals surface area contributed by atoms with Crippen molar-refractivity contribution in [2.24, 2.45) is 0 Å². The van der Waals surface area contributed by atoms with Crippen LogP contribution in [0.4, 0.5) is 0 Å². The van der Waals surface area contributed by atoms with Crippen LogP contribution in [0.3, 0.4) is 0 Å². The quantitative estimate of drug-likeness (QED) is 0.428. The molecule has 0 atom stereocenters. The highest BCUT2D eigenvalue weighted by Crippen LogP contribution is 2.38. The summed E-state index contributed by atoms with van der Waals surface area (Å²) in [4.78, 5) is 14.3. The second kappa shape index (κ2) is 12.1. The van der Waals surface area contributed by atoms with Gasteiger partial charge in [-0.05, 0) is 42.8 Å². The first-order valence-electron chi connectivity index (χ1n) is 10.6. The molecule has 9 nitrogen and oxygen atoms in total. The molecule has 0 aromatic heterocycles. The van der Waals surface area contributed by atoms with E-state index in [4.69, 9.17) is 30.5 Å². The number of carbonyl (C=O) groups excluding carboxylic acids is 1. The van der Waals surface area contributed by atoms with Gasteiger partial charge in [-0.1, -0.05) is 18.5 Å². The van der Waals surface area contributed by atoms with Gasteiger partial charge in [-0.15, -0.1) is 0 Å². The topological polar surface area (TPSA) is 94.6 Å². The molecule has 2 aromatic rings. The third kappa shape index (κ3) is 6.25. The van der Waals surface area contributed by atoms with Crippen molar-refractivity contribution in [3.8, 4) is 23.0 Å². The van der Waals surface area contributed by atoms with E-state index < -0.39 is 10.0 Å². The van der Waals surface area contributed by atoms with Crippen molar-refractivity contribution >= 4 is 27.5 Å². The van der Waals surface area contributed by atoms with Gasteiger partial charge in [0, 0.05) is 20.1 Å². The third-order valence-electron chi connectivity index (χ3n) is 5.08. The van der Waals surface area contributed by atoms with Crippen LogP contribution in [-0.2, 0) is 21.4 Å². The van der Waals surface area contributed by atoms with E-state index in [2.05, 4.69) is 0 Å². The van der Waals surface area contributed by atoms with Crippen molar-refractivity contribution in [2.75, 3.05) is 48.1 Å². The Kier molecular flexibility index (Phi) is 9.84. The van der Waals surface area contributed by atoms with Crippen molar-refractivity contribution < 1.29 is 32.2 Å². The van der Waals surface area contributed by atoms with Crippen LogP contribution in [0.1, 0.15) is 19.4 Å². The average molecular weight is 515 g/mol. The van der Waals surface area contributed by atoms with E-state index in [-0.39, 0.29) is 35.5 Å². The molecule has 0 saturated carbocycles. The summed E-state index contributed by atoms with van der Waals surface area (Å²) in [6, 6.07) is 7.72. The molecule has 1 amide bonds. The highest BCUT2D eigenvalue weighted by molar-refractivity contribution is 7.89. The van der Waals surface area contributed by atoms with Crippen molar-refractivity contribution in [1.29, 1.82) is 0 Å². The van der Waals surface area contributed by atoms with Crippen LogP contribution < -0.4 is 18.9 Å². The molecule has 11 heteroatoms. The Morgan fingerprint density at radius 2 is 1.59 bits per heavy atom. The first-order chi connectivity index (χ1) is 16.1. The van der Waals surface area contributed by atoms with Gasteiger partial charge < -0.3 is 23.8 Å². The maximum atomic E-state index is 13.1. The number of nitrogens with zero attached hydrogens (tertiary/aromatic N) is 2. The molecule has 0 heterocycles. The monoisotopic (exact) mass is 514 g/mol. The van der Waals surface area contributed by atoms with Gasteiger partial charge in [-0.2, -0.15) is 4.31 Å². The largest absolute Gasteiger partial charge is 0.493 e. The normalized spacial score (nSPS) is 11.3. The molecule has 0 bridgehead atoms. The SMILES string of the molecule is CCOc1ccc(S(=O)(=O)N(CC)CC(=O)N(C)Cc2cc(OC)c(OC)c(OC)c2)cc1Cl. The number of methoxy groups -OCH3 is 3. The van der Waals surface area contributed by atoms with E-state index in [1.54, 1.807) is 33.0 Å². The lowest BCUT2D eigenvalue weighted by Crippen LogP contribution is -2.41. The summed E-state index contributed by atoms with van der Waals surface area (Å²) in [5, 5.41) is 0.185. The minimum Gasteiger partial charge on any atom is -0.493 e. The van der Waals surface area contributed by atoms with Gasteiger partial charge in [-0.3, -0.25) is 4.79 Å². The van der Waals surface area contributed by atoms with Crippen molar-refractivity contribution in [1.82, 2.24) is 9.21 Å². The van der Waals surface area contributed by atoms with E-state index in [9.17, 15) is 13.2 Å². The molecule has 0 N–H and O–H groups in total. The number of benzene rings is 2. The van der Waals surface area contributed by atoms with E-state index in [0.717, 1.165) is 9.87 Å². The predicted octanol–water partition coefficient (Wildman–Crippen LogP) is 3.43. The smallest absolute Gasteiger partial charge is 0.243 e. The summed E-state index contributed by atoms with van der Waals surface area (Å²) < 4.78 is 48.8. The maximum absolute atomic E-state index is 13.1. The number of amides is 1. The Labute approximate surface area is 206 Å². The molecule has 0 saturated heterocycles. The summed E-state index contributed by atoms with van der Waals surface area (Å²) >= 11 is 6.17. The van der Waals surface area contributed by atoms with E-state index >= 15 is 0 Å². The van der Waals surface area contributed by atoms with Crippen molar-refractivity contribution in [3.63, 3.8) is 0 Å². The number of halogens is 1. The van der Waals surface area contributed by atoms with Crippen LogP contribution in [0.15, 0.2) is 35.2 Å². The lowest BCUT2D eigenvalue weighted by molar-refractivity contribution is -0.130. The van der Waals surface area contributed by atoms with E-state index in [0.29, 0.717) is 29.6 Å². The van der Waals surface area contributed by atoms with Gasteiger partial charge in [0.2, 0.25) is 21.7 Å². The van der Waals surface area contributed by atoms with Crippen LogP contribution in [-0.4, -0.2) is 71.6 Å². The van der Waals surface area contributed by atoms with Gasteiger partial charge in [0.05, 0.1) is 44.4 Å². The summed E-state index contributed by atoms with van der Waals surface area (Å²) in [7, 11) is 2.17. The Bertz CT molecular complexity index is 1080. The van der Waals surface area contributed by atoms with Crippen LogP contribution in [0, 0.1) is 0 Å². The van der Waals surface area contributed by atoms with E-state index in [1.807, 2.05) is 0 Å². The Morgan fingerprint density at radius 1 is 0.971 bits per heavy atom. The number of likely N-dealkylation sites (N-methyl/N-ethyl adjacent to an activating group) is 2. The molecule has 0 aliphatic carbocycles. The second-order valence-corrected chi connectivity index (χ2v) is 9.58. The van der Waals surface area contributed by atoms with Crippen LogP contribution in [0.25, 0.3) is 0 Å². The summed E-state index contributed by atoms with van der Waals surface area (Å²) in [5.41, 5.74) is 0.731. The number of ether oxygens (including phenoxy) is 4. The Hall–Kier alpha value is -2.69. The molecule has 34 heavy (non-hydrogen) atoms. The highest BCUT2D eigenvalue weighted by atomic mass is 35.5. The molecule has 0 radical (unpaired) electrons. The van der Waals surface area contributed by atoms with Gasteiger partial charge in [-0.25, -0.2) is 8.42 Å². The second-order valence-electron chi connectivity index (χ2n) is 7.24. The minimum atomic E-state index is -3.95. The predicted molar refractivity (Wildman–Crippen MR) is 130 cm³/mol. The zero-order valence-electron chi connectivity index (χ0n) is 20.3. The van der Waals surface area contributed by atoms with Crippen molar-refractivity contribution in [3.05, 3.63) is 40.9 Å². The van der Waals surface area contributed by atoms with Gasteiger partial charge in [0.1, 0.15) is 5.75 Å². The maximum Gasteiger partial charge on any atom is 0.243 e. The highest BCUT2D eigenvalue weighted by Gasteiger charge is 2.27. The number of carbonyl (C=O) groups is 1. The van der Waals surface area contributed by atoms with E-state index in [1.165, 1.54) is 44.4 Å². The number of rotatable bonds is 12. The third-order valence-corrected chi connectivity index (χ3v) is 7.29. The molecule has 2 aromatic carbocycles. The zero-order valence-corrected chi connectivity index (χ0v) is 21.8. The number of sulfonamides is 1. The van der Waals surface area contributed by atoms with Gasteiger partial charge in [0.15, 0.2) is 11.5 Å². The van der Waals surface area contributed by atoms with Crippen LogP contribution in [0.2, 0.25) is 5.02 Å². The Morgan fingerprint density at radius 3 is 2.06 bits per heavy atom. The van der Waals surface area contributed by atoms with Crippen molar-refractivity contribution in [2.45, 2.75) is 25.3 Å². The average Bonchev–Trinajstić information content (AvgIpc) is 2.82. The standard InChI is InChI=1S/C23H31ClN2O7S/c1-7-26(34(28,29)17-9-10-19(33-8-2)18(24)13-17)15-22(27)25(3)14-16-11-20(30-4)23(32-6)21(12-16)31-5/h9-13H,7-8,14-15H2,1-6H3. The minimum absolute atomic E-state index is 0.0112. The zero-order chi connectivity index (χ0) is 25.5. The first-order valence-corrected chi connectivity index (χ1v) is 12.4. The molecule has 2 rings (SSSR count). The molecular formula is C23H31ClN2O7S. The lowest BCUT2D eigenvalue weighted by Gasteiger charge is -2.24. The molecule has 0 unspecified atom stereocenters. The Balaban J connectivity index is 2.20. The summed E-state index contributed by atoms with van der Waals surface area (Å²) in [6.07, 6.45) is 0. The van der Waals surface area contributed by atoms with Crippen LogP contribution in [0.5, 0.6) is 23.0 Å². The molecule has 0 fully saturated rings. The molecule has 0 spiro atoms. The molecule has 188 valence electrons. The fourth-order valence-electron chi connectivity index (χ4n) is 3.29. The van der Waals surface area contributed by atoms with Gasteiger partial charge >= 0.3 is 0 Å². The fraction of sp³-hybridized carbons (Fsp3) is 0.435. The number of hydrogen-bond donors (Lipinski definition) is 0. The summed E-state index contributed by atoms with van der Waals surface area (Å²) in [6.45, 7) is 3.86. The lowest BCUT2D eigenvalue weighted by atomic mass is 10.1. The summed E-state index contributed by atoms with van der Waals surface area (Å²) in [5.74, 6) is 1.38.